The molecule has 0 amide bonds. The summed E-state index contributed by atoms with van der Waals surface area (Å²) in [6.07, 6.45) is -23.7. The third-order valence-corrected chi connectivity index (χ3v) is 6.47. The zero-order valence-corrected chi connectivity index (χ0v) is 19.6. The van der Waals surface area contributed by atoms with Gasteiger partial charge in [0.25, 0.3) is 11.2 Å². The molecule has 2 nitrogen and oxygen atoms in total. The van der Waals surface area contributed by atoms with E-state index in [0.29, 0.717) is 36.2 Å². The van der Waals surface area contributed by atoms with E-state index in [-0.39, 0.29) is 12.0 Å². The average molecular weight is 570 g/mol. The summed E-state index contributed by atoms with van der Waals surface area (Å²) >= 11 is 0. The maximum Gasteiger partial charge on any atom is 0.430 e. The Labute approximate surface area is 208 Å². The molecular weight excluding hydrogens is 548 g/mol. The summed E-state index contributed by atoms with van der Waals surface area (Å²) in [5.41, 5.74) is -12.5. The maximum atomic E-state index is 13.1. The highest BCUT2D eigenvalue weighted by molar-refractivity contribution is 5.34. The molecule has 38 heavy (non-hydrogen) atoms. The molecular formula is C24H22F12O2. The fourth-order valence-corrected chi connectivity index (χ4v) is 4.13. The van der Waals surface area contributed by atoms with E-state index in [9.17, 15) is 62.9 Å². The number of hydrogen-bond donors (Lipinski definition) is 2. The smallest absolute Gasteiger partial charge is 0.369 e. The minimum atomic E-state index is -6.05. The van der Waals surface area contributed by atoms with Crippen LogP contribution in [0.25, 0.3) is 0 Å². The van der Waals surface area contributed by atoms with E-state index >= 15 is 0 Å². The molecule has 2 N–H and O–H groups in total. The Bertz CT molecular complexity index is 1040. The molecule has 0 aliphatic heterocycles. The summed E-state index contributed by atoms with van der Waals surface area (Å²) < 4.78 is 157. The van der Waals surface area contributed by atoms with Crippen molar-refractivity contribution >= 4 is 0 Å². The molecule has 0 saturated carbocycles. The zero-order valence-electron chi connectivity index (χ0n) is 19.6. The number of rotatable bonds is 7. The van der Waals surface area contributed by atoms with Gasteiger partial charge in [0.2, 0.25) is 0 Å². The molecule has 0 aliphatic rings. The van der Waals surface area contributed by atoms with Crippen molar-refractivity contribution in [3.63, 3.8) is 0 Å². The van der Waals surface area contributed by atoms with Gasteiger partial charge in [0.05, 0.1) is 0 Å². The van der Waals surface area contributed by atoms with Crippen LogP contribution in [0.5, 0.6) is 0 Å². The Hall–Kier alpha value is -2.48. The molecule has 0 spiro atoms. The van der Waals surface area contributed by atoms with E-state index in [2.05, 4.69) is 0 Å². The van der Waals surface area contributed by atoms with Gasteiger partial charge in [-0.05, 0) is 35.8 Å². The van der Waals surface area contributed by atoms with Gasteiger partial charge in [-0.1, -0.05) is 62.4 Å². The Kier molecular flexibility index (Phi) is 8.56. The standard InChI is InChI=1S/C24H22F12O2/c1-3-14(16-6-10-18(11-7-16)20(38,23(31,32)33)24(34,35)36)12-13(2)15-4-8-17(9-5-15)19(37,21(25,26)27)22(28,29)30/h4-11,13-14,37-38H,3,12H2,1-2H3. The van der Waals surface area contributed by atoms with Crippen LogP contribution >= 0.6 is 0 Å². The van der Waals surface area contributed by atoms with Crippen molar-refractivity contribution in [2.75, 3.05) is 0 Å². The fraction of sp³-hybridized carbons (Fsp3) is 0.500. The van der Waals surface area contributed by atoms with Gasteiger partial charge in [-0.3, -0.25) is 0 Å². The van der Waals surface area contributed by atoms with Crippen LogP contribution < -0.4 is 0 Å². The van der Waals surface area contributed by atoms with Gasteiger partial charge in [-0.2, -0.15) is 52.7 Å². The van der Waals surface area contributed by atoms with E-state index in [1.807, 2.05) is 0 Å². The van der Waals surface area contributed by atoms with Crippen LogP contribution in [-0.2, 0) is 11.2 Å². The number of hydrogen-bond acceptors (Lipinski definition) is 2. The van der Waals surface area contributed by atoms with Crippen LogP contribution in [0.2, 0.25) is 0 Å². The van der Waals surface area contributed by atoms with Crippen molar-refractivity contribution in [2.24, 2.45) is 0 Å². The number of halogens is 12. The predicted molar refractivity (Wildman–Crippen MR) is 111 cm³/mol. The van der Waals surface area contributed by atoms with Crippen molar-refractivity contribution in [1.82, 2.24) is 0 Å². The monoisotopic (exact) mass is 570 g/mol. The van der Waals surface area contributed by atoms with E-state index in [1.54, 1.807) is 13.8 Å². The lowest BCUT2D eigenvalue weighted by Gasteiger charge is -2.33. The van der Waals surface area contributed by atoms with Crippen LogP contribution in [-0.4, -0.2) is 34.9 Å². The molecule has 0 aliphatic carbocycles. The van der Waals surface area contributed by atoms with Gasteiger partial charge < -0.3 is 10.2 Å². The van der Waals surface area contributed by atoms with Gasteiger partial charge in [-0.15, -0.1) is 0 Å². The predicted octanol–water partition coefficient (Wildman–Crippen LogP) is 8.00. The first-order valence-corrected chi connectivity index (χ1v) is 10.9. The lowest BCUT2D eigenvalue weighted by molar-refractivity contribution is -0.376. The third-order valence-electron chi connectivity index (χ3n) is 6.47. The summed E-state index contributed by atoms with van der Waals surface area (Å²) in [5.74, 6) is -1.01. The Balaban J connectivity index is 2.31. The van der Waals surface area contributed by atoms with E-state index in [1.165, 1.54) is 0 Å². The van der Waals surface area contributed by atoms with Crippen LogP contribution in [0.15, 0.2) is 48.5 Å². The van der Waals surface area contributed by atoms with Crippen LogP contribution in [0.3, 0.4) is 0 Å². The Morgan fingerprint density at radius 2 is 0.842 bits per heavy atom. The lowest BCUT2D eigenvalue weighted by Crippen LogP contribution is -2.53. The second-order valence-electron chi connectivity index (χ2n) is 8.90. The molecule has 0 radical (unpaired) electrons. The average Bonchev–Trinajstić information content (AvgIpc) is 2.78. The summed E-state index contributed by atoms with van der Waals surface area (Å²) in [7, 11) is 0. The van der Waals surface area contributed by atoms with Crippen molar-refractivity contribution in [3.05, 3.63) is 70.8 Å². The quantitative estimate of drug-likeness (QED) is 0.332. The second kappa shape index (κ2) is 10.2. The van der Waals surface area contributed by atoms with Crippen LogP contribution in [0.4, 0.5) is 52.7 Å². The molecule has 2 unspecified atom stereocenters. The first kappa shape index (κ1) is 31.7. The molecule has 0 fully saturated rings. The molecule has 2 aromatic rings. The lowest BCUT2D eigenvalue weighted by atomic mass is 9.82. The largest absolute Gasteiger partial charge is 0.430 e. The second-order valence-corrected chi connectivity index (χ2v) is 8.90. The first-order chi connectivity index (χ1) is 17.0. The zero-order chi connectivity index (χ0) is 29.5. The van der Waals surface area contributed by atoms with Crippen molar-refractivity contribution in [3.8, 4) is 0 Å². The normalized spacial score (nSPS) is 15.9. The molecule has 0 saturated heterocycles. The number of benzene rings is 2. The Morgan fingerprint density at radius 1 is 0.553 bits per heavy atom. The molecule has 2 aromatic carbocycles. The Morgan fingerprint density at radius 3 is 1.11 bits per heavy atom. The summed E-state index contributed by atoms with van der Waals surface area (Å²) in [6, 6.07) is 5.84. The highest BCUT2D eigenvalue weighted by atomic mass is 19.4. The molecule has 2 atom stereocenters. The SMILES string of the molecule is CCC(CC(C)c1ccc(C(O)(C(F)(F)F)C(F)(F)F)cc1)c1ccc(C(O)(C(F)(F)F)C(F)(F)F)cc1. The van der Waals surface area contributed by atoms with Crippen molar-refractivity contribution in [1.29, 1.82) is 0 Å². The number of aliphatic hydroxyl groups is 2. The van der Waals surface area contributed by atoms with Crippen molar-refractivity contribution in [2.45, 2.75) is 74.4 Å². The highest BCUT2D eigenvalue weighted by Gasteiger charge is 2.72. The van der Waals surface area contributed by atoms with Gasteiger partial charge >= 0.3 is 24.7 Å². The first-order valence-electron chi connectivity index (χ1n) is 10.9. The maximum absolute atomic E-state index is 13.1. The van der Waals surface area contributed by atoms with Gasteiger partial charge in [0.1, 0.15) is 0 Å². The van der Waals surface area contributed by atoms with E-state index in [0.717, 1.165) is 24.3 Å². The summed E-state index contributed by atoms with van der Waals surface area (Å²) in [6.45, 7) is 3.22. The fourth-order valence-electron chi connectivity index (χ4n) is 4.13. The van der Waals surface area contributed by atoms with E-state index in [4.69, 9.17) is 0 Å². The van der Waals surface area contributed by atoms with Crippen LogP contribution in [0.1, 0.15) is 60.8 Å². The third kappa shape index (κ3) is 5.61. The minimum absolute atomic E-state index is 0.167. The minimum Gasteiger partial charge on any atom is -0.369 e. The molecule has 0 heterocycles. The van der Waals surface area contributed by atoms with Crippen molar-refractivity contribution < 1.29 is 62.9 Å². The summed E-state index contributed by atoms with van der Waals surface area (Å²) in [4.78, 5) is 0. The van der Waals surface area contributed by atoms with Gasteiger partial charge in [0.15, 0.2) is 0 Å². The van der Waals surface area contributed by atoms with Gasteiger partial charge in [0, 0.05) is 11.1 Å². The van der Waals surface area contributed by atoms with Gasteiger partial charge in [-0.25, -0.2) is 0 Å². The molecule has 0 aromatic heterocycles. The highest BCUT2D eigenvalue weighted by Crippen LogP contribution is 2.51. The molecule has 14 heteroatoms. The molecule has 214 valence electrons. The summed E-state index contributed by atoms with van der Waals surface area (Å²) in [5, 5.41) is 19.0. The topological polar surface area (TPSA) is 40.5 Å². The number of alkyl halides is 12. The van der Waals surface area contributed by atoms with E-state index < -0.39 is 58.9 Å². The van der Waals surface area contributed by atoms with Crippen LogP contribution in [0, 0.1) is 0 Å². The molecule has 2 rings (SSSR count). The molecule has 0 bridgehead atoms.